The van der Waals surface area contributed by atoms with E-state index in [9.17, 15) is 9.18 Å². The van der Waals surface area contributed by atoms with E-state index < -0.39 is 5.82 Å². The van der Waals surface area contributed by atoms with Gasteiger partial charge in [-0.15, -0.1) is 0 Å². The van der Waals surface area contributed by atoms with Gasteiger partial charge in [-0.25, -0.2) is 4.39 Å². The molecule has 1 saturated carbocycles. The van der Waals surface area contributed by atoms with Gasteiger partial charge in [0, 0.05) is 18.2 Å². The number of aliphatic hydroxyl groups excluding tert-OH is 1. The predicted octanol–water partition coefficient (Wildman–Crippen LogP) is 2.18. The molecule has 0 bridgehead atoms. The second-order valence-electron chi connectivity index (χ2n) is 4.88. The molecule has 0 aliphatic heterocycles. The minimum atomic E-state index is -0.433. The average molecular weight is 275 g/mol. The lowest BCUT2D eigenvalue weighted by Gasteiger charge is -2.22. The fraction of sp³-hybridized carbons (Fsp3) is 0.438. The van der Waals surface area contributed by atoms with Crippen molar-refractivity contribution in [1.82, 2.24) is 4.90 Å². The van der Waals surface area contributed by atoms with Gasteiger partial charge in [0.05, 0.1) is 5.56 Å². The molecular weight excluding hydrogens is 257 g/mol. The number of hydrogen-bond donors (Lipinski definition) is 1. The molecule has 1 aromatic carbocycles. The van der Waals surface area contributed by atoms with Crippen LogP contribution < -0.4 is 0 Å². The topological polar surface area (TPSA) is 40.5 Å². The first-order valence-electron chi connectivity index (χ1n) is 6.87. The van der Waals surface area contributed by atoms with E-state index in [4.69, 9.17) is 5.11 Å². The summed E-state index contributed by atoms with van der Waals surface area (Å²) in [6, 6.07) is 4.30. The molecular formula is C16H18FNO2. The number of rotatable bonds is 4. The van der Waals surface area contributed by atoms with E-state index in [1.54, 1.807) is 0 Å². The van der Waals surface area contributed by atoms with E-state index in [2.05, 4.69) is 11.8 Å². The van der Waals surface area contributed by atoms with Gasteiger partial charge < -0.3 is 10.0 Å². The molecule has 1 amide bonds. The van der Waals surface area contributed by atoms with Crippen LogP contribution in [0.2, 0.25) is 0 Å². The number of carbonyl (C=O) groups excluding carboxylic acids is 1. The summed E-state index contributed by atoms with van der Waals surface area (Å²) in [7, 11) is 0. The fourth-order valence-corrected chi connectivity index (χ4v) is 2.17. The van der Waals surface area contributed by atoms with Gasteiger partial charge in [0.2, 0.25) is 0 Å². The quantitative estimate of drug-likeness (QED) is 0.856. The molecule has 20 heavy (non-hydrogen) atoms. The molecule has 0 unspecified atom stereocenters. The second kappa shape index (κ2) is 6.53. The Morgan fingerprint density at radius 3 is 2.85 bits per heavy atom. The third-order valence-electron chi connectivity index (χ3n) is 3.23. The number of aliphatic hydroxyl groups is 1. The van der Waals surface area contributed by atoms with Crippen LogP contribution in [0.5, 0.6) is 0 Å². The van der Waals surface area contributed by atoms with Crippen LogP contribution in [0, 0.1) is 17.7 Å². The van der Waals surface area contributed by atoms with Crippen molar-refractivity contribution in [2.45, 2.75) is 32.2 Å². The van der Waals surface area contributed by atoms with Gasteiger partial charge in [-0.05, 0) is 37.5 Å². The summed E-state index contributed by atoms with van der Waals surface area (Å²) < 4.78 is 13.3. The van der Waals surface area contributed by atoms with Crippen LogP contribution in [-0.2, 0) is 0 Å². The van der Waals surface area contributed by atoms with Gasteiger partial charge in [0.15, 0.2) is 0 Å². The Morgan fingerprint density at radius 1 is 1.50 bits per heavy atom. The Morgan fingerprint density at radius 2 is 2.25 bits per heavy atom. The summed E-state index contributed by atoms with van der Waals surface area (Å²) in [5, 5.41) is 8.76. The monoisotopic (exact) mass is 275 g/mol. The number of amides is 1. The number of halogens is 1. The minimum absolute atomic E-state index is 0.100. The molecule has 3 nitrogen and oxygen atoms in total. The Kier molecular flexibility index (Phi) is 4.75. The van der Waals surface area contributed by atoms with E-state index in [0.29, 0.717) is 23.7 Å². The maximum atomic E-state index is 13.3. The first-order chi connectivity index (χ1) is 9.67. The molecule has 1 aliphatic carbocycles. The van der Waals surface area contributed by atoms with E-state index in [1.807, 2.05) is 11.8 Å². The fourth-order valence-electron chi connectivity index (χ4n) is 2.17. The van der Waals surface area contributed by atoms with Crippen LogP contribution in [0.3, 0.4) is 0 Å². The van der Waals surface area contributed by atoms with Gasteiger partial charge in [-0.3, -0.25) is 4.79 Å². The summed E-state index contributed by atoms with van der Waals surface area (Å²) in [5.41, 5.74) is 0.749. The van der Waals surface area contributed by atoms with E-state index in [1.165, 1.54) is 18.2 Å². The minimum Gasteiger partial charge on any atom is -0.384 e. The molecule has 0 saturated heterocycles. The summed E-state index contributed by atoms with van der Waals surface area (Å²) >= 11 is 0. The normalized spacial score (nSPS) is 13.6. The molecule has 106 valence electrons. The highest BCUT2D eigenvalue weighted by Gasteiger charge is 2.33. The molecule has 1 fully saturated rings. The Hall–Kier alpha value is -1.86. The molecule has 2 rings (SSSR count). The first kappa shape index (κ1) is 14.5. The molecule has 0 heterocycles. The van der Waals surface area contributed by atoms with Crippen molar-refractivity contribution >= 4 is 5.91 Å². The van der Waals surface area contributed by atoms with Gasteiger partial charge in [0.25, 0.3) is 5.91 Å². The van der Waals surface area contributed by atoms with Gasteiger partial charge in [-0.1, -0.05) is 18.8 Å². The van der Waals surface area contributed by atoms with Crippen molar-refractivity contribution in [3.8, 4) is 11.8 Å². The van der Waals surface area contributed by atoms with E-state index in [0.717, 1.165) is 19.3 Å². The largest absolute Gasteiger partial charge is 0.384 e. The molecule has 1 aromatic rings. The zero-order valence-electron chi connectivity index (χ0n) is 11.5. The third kappa shape index (κ3) is 3.37. The molecule has 1 N–H and O–H groups in total. The lowest BCUT2D eigenvalue weighted by molar-refractivity contribution is 0.0743. The first-order valence-corrected chi connectivity index (χ1v) is 6.87. The van der Waals surface area contributed by atoms with Crippen LogP contribution in [-0.4, -0.2) is 35.1 Å². The zero-order chi connectivity index (χ0) is 14.5. The van der Waals surface area contributed by atoms with Crippen molar-refractivity contribution in [3.05, 3.63) is 35.1 Å². The van der Waals surface area contributed by atoms with Gasteiger partial charge in [0.1, 0.15) is 12.4 Å². The van der Waals surface area contributed by atoms with Gasteiger partial charge >= 0.3 is 0 Å². The van der Waals surface area contributed by atoms with Gasteiger partial charge in [-0.2, -0.15) is 0 Å². The van der Waals surface area contributed by atoms with Crippen molar-refractivity contribution in [3.63, 3.8) is 0 Å². The molecule has 1 aliphatic rings. The highest BCUT2D eigenvalue weighted by Crippen LogP contribution is 2.29. The SMILES string of the molecule is CCCN(C(=O)c1ccc(F)cc1C#CCO)C1CC1. The smallest absolute Gasteiger partial charge is 0.255 e. The van der Waals surface area contributed by atoms with Crippen molar-refractivity contribution in [2.24, 2.45) is 0 Å². The summed E-state index contributed by atoms with van der Waals surface area (Å²) in [6.07, 6.45) is 2.95. The Bertz CT molecular complexity index is 555. The third-order valence-corrected chi connectivity index (χ3v) is 3.23. The maximum Gasteiger partial charge on any atom is 0.255 e. The summed E-state index contributed by atoms with van der Waals surface area (Å²) in [4.78, 5) is 14.4. The van der Waals surface area contributed by atoms with Crippen LogP contribution in [0.4, 0.5) is 4.39 Å². The van der Waals surface area contributed by atoms with E-state index >= 15 is 0 Å². The number of hydrogen-bond acceptors (Lipinski definition) is 2. The summed E-state index contributed by atoms with van der Waals surface area (Å²) in [6.45, 7) is 2.42. The number of nitrogens with zero attached hydrogens (tertiary/aromatic N) is 1. The molecule has 4 heteroatoms. The lowest BCUT2D eigenvalue weighted by Crippen LogP contribution is -2.34. The standard InChI is InChI=1S/C16H18FNO2/c1-2-9-18(14-6-7-14)16(20)15-8-5-13(17)11-12(15)4-3-10-19/h5,8,11,14,19H,2,6-7,9-10H2,1H3. The molecule has 0 aromatic heterocycles. The Labute approximate surface area is 118 Å². The Balaban J connectivity index is 2.32. The van der Waals surface area contributed by atoms with Crippen molar-refractivity contribution < 1.29 is 14.3 Å². The molecule has 0 spiro atoms. The maximum absolute atomic E-state index is 13.3. The van der Waals surface area contributed by atoms with E-state index in [-0.39, 0.29) is 12.5 Å². The van der Waals surface area contributed by atoms with Crippen LogP contribution in [0.25, 0.3) is 0 Å². The zero-order valence-corrected chi connectivity index (χ0v) is 11.5. The summed E-state index contributed by atoms with van der Waals surface area (Å²) in [5.74, 6) is 4.59. The van der Waals surface area contributed by atoms with Crippen LogP contribution in [0.15, 0.2) is 18.2 Å². The number of benzene rings is 1. The lowest BCUT2D eigenvalue weighted by atomic mass is 10.1. The second-order valence-corrected chi connectivity index (χ2v) is 4.88. The highest BCUT2D eigenvalue weighted by molar-refractivity contribution is 5.97. The predicted molar refractivity (Wildman–Crippen MR) is 74.7 cm³/mol. The highest BCUT2D eigenvalue weighted by atomic mass is 19.1. The number of carbonyl (C=O) groups is 1. The van der Waals surface area contributed by atoms with Crippen LogP contribution in [0.1, 0.15) is 42.1 Å². The average Bonchev–Trinajstić information content (AvgIpc) is 3.26. The van der Waals surface area contributed by atoms with Crippen LogP contribution >= 0.6 is 0 Å². The van der Waals surface area contributed by atoms with Crippen molar-refractivity contribution in [1.29, 1.82) is 0 Å². The molecule has 0 radical (unpaired) electrons. The van der Waals surface area contributed by atoms with Crippen molar-refractivity contribution in [2.75, 3.05) is 13.2 Å². The molecule has 0 atom stereocenters.